The number of hydrogen-bond donors (Lipinski definition) is 2. The topological polar surface area (TPSA) is 55.1 Å². The van der Waals surface area contributed by atoms with Crippen LogP contribution in [0, 0.1) is 0 Å². The number of nitrogens with two attached hydrogens (primary N) is 1. The predicted octanol–water partition coefficient (Wildman–Crippen LogP) is 1.76. The highest BCUT2D eigenvalue weighted by atomic mass is 16.1. The van der Waals surface area contributed by atoms with Crippen LogP contribution in [0.5, 0.6) is 0 Å². The van der Waals surface area contributed by atoms with Gasteiger partial charge in [0.15, 0.2) is 0 Å². The van der Waals surface area contributed by atoms with Gasteiger partial charge >= 0.3 is 0 Å². The highest BCUT2D eigenvalue weighted by Crippen LogP contribution is 2.24. The Morgan fingerprint density at radius 1 is 1.18 bits per heavy atom. The van der Waals surface area contributed by atoms with Crippen LogP contribution in [-0.2, 0) is 10.3 Å². The van der Waals surface area contributed by atoms with E-state index in [9.17, 15) is 4.79 Å². The Bertz CT molecular complexity index is 565. The summed E-state index contributed by atoms with van der Waals surface area (Å²) < 4.78 is 0. The van der Waals surface area contributed by atoms with Crippen molar-refractivity contribution in [3.63, 3.8) is 0 Å². The van der Waals surface area contributed by atoms with Crippen LogP contribution in [0.3, 0.4) is 0 Å². The first-order valence-corrected chi connectivity index (χ1v) is 5.56. The Labute approximate surface area is 101 Å². The number of carbonyl (C=O) groups excluding carboxylic acids is 1. The van der Waals surface area contributed by atoms with Crippen molar-refractivity contribution in [1.29, 1.82) is 0 Å². The van der Waals surface area contributed by atoms with Crippen molar-refractivity contribution in [3.05, 3.63) is 48.0 Å². The summed E-state index contributed by atoms with van der Waals surface area (Å²) in [5.74, 6) is -0.379. The van der Waals surface area contributed by atoms with E-state index in [1.165, 1.54) is 0 Å². The molecule has 0 radical (unpaired) electrons. The number of likely N-dealkylation sites (N-methyl/N-ethyl adjacent to an activating group) is 1. The van der Waals surface area contributed by atoms with Crippen LogP contribution in [0.25, 0.3) is 10.8 Å². The van der Waals surface area contributed by atoms with Crippen molar-refractivity contribution < 1.29 is 4.79 Å². The third-order valence-corrected chi connectivity index (χ3v) is 3.32. The molecule has 0 spiro atoms. The molecule has 0 aliphatic rings. The number of hydrogen-bond acceptors (Lipinski definition) is 2. The second kappa shape index (κ2) is 4.18. The zero-order chi connectivity index (χ0) is 12.5. The van der Waals surface area contributed by atoms with Crippen LogP contribution in [0.1, 0.15) is 12.5 Å². The molecule has 0 saturated carbocycles. The Morgan fingerprint density at radius 3 is 2.41 bits per heavy atom. The molecule has 0 heterocycles. The molecule has 1 unspecified atom stereocenters. The minimum Gasteiger partial charge on any atom is -0.368 e. The van der Waals surface area contributed by atoms with Gasteiger partial charge in [-0.05, 0) is 36.4 Å². The van der Waals surface area contributed by atoms with Gasteiger partial charge in [0.05, 0.1) is 0 Å². The lowest BCUT2D eigenvalue weighted by atomic mass is 9.90. The normalized spacial score (nSPS) is 14.5. The zero-order valence-electron chi connectivity index (χ0n) is 10.0. The maximum Gasteiger partial charge on any atom is 0.242 e. The lowest BCUT2D eigenvalue weighted by Gasteiger charge is -2.26. The monoisotopic (exact) mass is 228 g/mol. The quantitative estimate of drug-likeness (QED) is 0.841. The van der Waals surface area contributed by atoms with Crippen molar-refractivity contribution in [2.24, 2.45) is 5.73 Å². The standard InChI is InChI=1S/C14H16N2O/c1-14(16-2,13(15)17)12-8-7-10-5-3-4-6-11(10)9-12/h3-9,16H,1-2H3,(H2,15,17). The first-order valence-electron chi connectivity index (χ1n) is 5.56. The lowest BCUT2D eigenvalue weighted by molar-refractivity contribution is -0.123. The smallest absolute Gasteiger partial charge is 0.242 e. The maximum atomic E-state index is 11.5. The average Bonchev–Trinajstić information content (AvgIpc) is 2.37. The second-order valence-electron chi connectivity index (χ2n) is 4.30. The highest BCUT2D eigenvalue weighted by molar-refractivity contribution is 5.89. The Kier molecular flexibility index (Phi) is 2.86. The molecule has 3 heteroatoms. The summed E-state index contributed by atoms with van der Waals surface area (Å²) in [6.45, 7) is 1.79. The zero-order valence-corrected chi connectivity index (χ0v) is 10.0. The molecule has 88 valence electrons. The van der Waals surface area contributed by atoms with Gasteiger partial charge in [-0.1, -0.05) is 36.4 Å². The second-order valence-corrected chi connectivity index (χ2v) is 4.30. The molecule has 0 aliphatic carbocycles. The van der Waals surface area contributed by atoms with E-state index in [1.807, 2.05) is 42.5 Å². The first kappa shape index (κ1) is 11.6. The first-order chi connectivity index (χ1) is 8.08. The molecule has 2 aromatic rings. The van der Waals surface area contributed by atoms with E-state index < -0.39 is 5.54 Å². The van der Waals surface area contributed by atoms with Gasteiger partial charge in [0.2, 0.25) is 5.91 Å². The van der Waals surface area contributed by atoms with Gasteiger partial charge in [-0.25, -0.2) is 0 Å². The summed E-state index contributed by atoms with van der Waals surface area (Å²) in [4.78, 5) is 11.5. The van der Waals surface area contributed by atoms with E-state index in [0.29, 0.717) is 0 Å². The summed E-state index contributed by atoms with van der Waals surface area (Å²) in [6, 6.07) is 14.0. The molecule has 3 nitrogen and oxygen atoms in total. The van der Waals surface area contributed by atoms with E-state index in [2.05, 4.69) is 5.32 Å². The van der Waals surface area contributed by atoms with Crippen LogP contribution in [0.4, 0.5) is 0 Å². The number of nitrogens with one attached hydrogen (secondary N) is 1. The molecule has 0 saturated heterocycles. The fourth-order valence-electron chi connectivity index (χ4n) is 1.91. The van der Waals surface area contributed by atoms with Gasteiger partial charge < -0.3 is 11.1 Å². The number of primary amides is 1. The molecule has 2 rings (SSSR count). The lowest BCUT2D eigenvalue weighted by Crippen LogP contribution is -2.48. The molecular weight excluding hydrogens is 212 g/mol. The summed E-state index contributed by atoms with van der Waals surface area (Å²) in [5, 5.41) is 5.24. The summed E-state index contributed by atoms with van der Waals surface area (Å²) in [5.41, 5.74) is 5.51. The van der Waals surface area contributed by atoms with Gasteiger partial charge in [0.1, 0.15) is 5.54 Å². The summed E-state index contributed by atoms with van der Waals surface area (Å²) in [7, 11) is 1.74. The molecule has 0 bridgehead atoms. The van der Waals surface area contributed by atoms with Crippen molar-refractivity contribution in [2.75, 3.05) is 7.05 Å². The minimum absolute atomic E-state index is 0.379. The minimum atomic E-state index is -0.829. The Balaban J connectivity index is 2.59. The molecular formula is C14H16N2O. The van der Waals surface area contributed by atoms with Crippen LogP contribution >= 0.6 is 0 Å². The van der Waals surface area contributed by atoms with Gasteiger partial charge in [0, 0.05) is 0 Å². The number of amides is 1. The highest BCUT2D eigenvalue weighted by Gasteiger charge is 2.31. The van der Waals surface area contributed by atoms with E-state index >= 15 is 0 Å². The molecule has 3 N–H and O–H groups in total. The van der Waals surface area contributed by atoms with E-state index in [1.54, 1.807) is 14.0 Å². The van der Waals surface area contributed by atoms with Crippen LogP contribution in [0.15, 0.2) is 42.5 Å². The molecule has 0 aromatic heterocycles. The Hall–Kier alpha value is -1.87. The fourth-order valence-corrected chi connectivity index (χ4v) is 1.91. The number of rotatable bonds is 3. The van der Waals surface area contributed by atoms with Crippen LogP contribution in [-0.4, -0.2) is 13.0 Å². The molecule has 17 heavy (non-hydrogen) atoms. The summed E-state index contributed by atoms with van der Waals surface area (Å²) in [6.07, 6.45) is 0. The molecule has 0 fully saturated rings. The van der Waals surface area contributed by atoms with Gasteiger partial charge in [-0.3, -0.25) is 4.79 Å². The van der Waals surface area contributed by atoms with Crippen molar-refractivity contribution in [3.8, 4) is 0 Å². The SMILES string of the molecule is CNC(C)(C(N)=O)c1ccc2ccccc2c1. The van der Waals surface area contributed by atoms with E-state index in [4.69, 9.17) is 5.73 Å². The van der Waals surface area contributed by atoms with Crippen LogP contribution < -0.4 is 11.1 Å². The van der Waals surface area contributed by atoms with Gasteiger partial charge in [-0.2, -0.15) is 0 Å². The average molecular weight is 228 g/mol. The van der Waals surface area contributed by atoms with E-state index in [0.717, 1.165) is 16.3 Å². The molecule has 0 aliphatic heterocycles. The number of carbonyl (C=O) groups is 1. The van der Waals surface area contributed by atoms with Gasteiger partial charge in [-0.15, -0.1) is 0 Å². The Morgan fingerprint density at radius 2 is 1.82 bits per heavy atom. The number of fused-ring (bicyclic) bond motifs is 1. The van der Waals surface area contributed by atoms with Crippen molar-refractivity contribution in [2.45, 2.75) is 12.5 Å². The van der Waals surface area contributed by atoms with Crippen molar-refractivity contribution >= 4 is 16.7 Å². The fraction of sp³-hybridized carbons (Fsp3) is 0.214. The molecule has 1 atom stereocenters. The molecule has 1 amide bonds. The molecule has 2 aromatic carbocycles. The predicted molar refractivity (Wildman–Crippen MR) is 69.6 cm³/mol. The van der Waals surface area contributed by atoms with E-state index in [-0.39, 0.29) is 5.91 Å². The number of benzene rings is 2. The van der Waals surface area contributed by atoms with Crippen molar-refractivity contribution in [1.82, 2.24) is 5.32 Å². The summed E-state index contributed by atoms with van der Waals surface area (Å²) >= 11 is 0. The third kappa shape index (κ3) is 1.89. The largest absolute Gasteiger partial charge is 0.368 e. The third-order valence-electron chi connectivity index (χ3n) is 3.32. The van der Waals surface area contributed by atoms with Gasteiger partial charge in [0.25, 0.3) is 0 Å². The van der Waals surface area contributed by atoms with Crippen LogP contribution in [0.2, 0.25) is 0 Å². The maximum absolute atomic E-state index is 11.5.